The molecule has 1 heterocycles. The van der Waals surface area contributed by atoms with Crippen LogP contribution in [0.2, 0.25) is 0 Å². The van der Waals surface area contributed by atoms with Crippen LogP contribution in [-0.2, 0) is 0 Å². The summed E-state index contributed by atoms with van der Waals surface area (Å²) in [6, 6.07) is 2.89. The van der Waals surface area contributed by atoms with Crippen molar-refractivity contribution in [2.45, 2.75) is 24.9 Å². The molecule has 1 saturated carbocycles. The van der Waals surface area contributed by atoms with Crippen LogP contribution in [0.1, 0.15) is 24.6 Å². The average Bonchev–Trinajstić information content (AvgIpc) is 3.03. The topological polar surface area (TPSA) is 55.0 Å². The van der Waals surface area contributed by atoms with Crippen LogP contribution >= 0.6 is 0 Å². The number of aromatic nitrogens is 2. The van der Waals surface area contributed by atoms with E-state index in [4.69, 9.17) is 5.73 Å². The molecule has 0 radical (unpaired) electrons. The molecule has 2 N–H and O–H groups in total. The van der Waals surface area contributed by atoms with Gasteiger partial charge in [0.1, 0.15) is 6.33 Å². The molecule has 0 saturated heterocycles. The molecule has 14 heavy (non-hydrogen) atoms. The lowest BCUT2D eigenvalue weighted by molar-refractivity contribution is 0.235. The van der Waals surface area contributed by atoms with E-state index < -0.39 is 0 Å². The molecular weight excluding hydrogens is 176 g/mol. The Bertz CT molecular complexity index is 283. The smallest absolute Gasteiger partial charge is 0.115 e. The Morgan fingerprint density at radius 3 is 2.93 bits per heavy atom. The molecule has 4 nitrogen and oxygen atoms in total. The molecule has 1 atom stereocenters. The summed E-state index contributed by atoms with van der Waals surface area (Å²) in [5.41, 5.74) is 6.79. The second kappa shape index (κ2) is 4.02. The van der Waals surface area contributed by atoms with Crippen LogP contribution in [0.25, 0.3) is 0 Å². The third kappa shape index (κ3) is 1.91. The molecular formula is C10H16N4. The maximum Gasteiger partial charge on any atom is 0.115 e. The van der Waals surface area contributed by atoms with Crippen molar-refractivity contribution in [2.24, 2.45) is 5.73 Å². The van der Waals surface area contributed by atoms with E-state index in [0.29, 0.717) is 12.6 Å². The van der Waals surface area contributed by atoms with E-state index in [0.717, 1.165) is 5.69 Å². The van der Waals surface area contributed by atoms with Crippen LogP contribution in [0.5, 0.6) is 0 Å². The summed E-state index contributed by atoms with van der Waals surface area (Å²) >= 11 is 0. The van der Waals surface area contributed by atoms with Gasteiger partial charge in [-0.05, 0) is 26.0 Å². The Hall–Kier alpha value is -1.00. The lowest BCUT2D eigenvalue weighted by Gasteiger charge is -2.25. The summed E-state index contributed by atoms with van der Waals surface area (Å²) in [5, 5.41) is 0. The first-order chi connectivity index (χ1) is 6.83. The second-order valence-electron chi connectivity index (χ2n) is 3.78. The minimum Gasteiger partial charge on any atom is -0.329 e. The predicted molar refractivity (Wildman–Crippen MR) is 54.6 cm³/mol. The zero-order chi connectivity index (χ0) is 9.97. The van der Waals surface area contributed by atoms with Crippen molar-refractivity contribution in [1.29, 1.82) is 0 Å². The average molecular weight is 192 g/mol. The molecule has 1 aliphatic carbocycles. The summed E-state index contributed by atoms with van der Waals surface area (Å²) in [7, 11) is 2.12. The molecule has 1 aromatic heterocycles. The SMILES string of the molecule is CN(C1CC1)C(CN)c1ccncn1. The molecule has 1 fully saturated rings. The van der Waals surface area contributed by atoms with Gasteiger partial charge in [0.05, 0.1) is 11.7 Å². The van der Waals surface area contributed by atoms with E-state index in [1.54, 1.807) is 12.5 Å². The molecule has 4 heteroatoms. The minimum absolute atomic E-state index is 0.241. The zero-order valence-corrected chi connectivity index (χ0v) is 8.43. The van der Waals surface area contributed by atoms with E-state index in [1.807, 2.05) is 6.07 Å². The molecule has 1 unspecified atom stereocenters. The third-order valence-corrected chi connectivity index (χ3v) is 2.78. The first kappa shape index (κ1) is 9.55. The number of likely N-dealkylation sites (N-methyl/N-ethyl adjacent to an activating group) is 1. The molecule has 0 aromatic carbocycles. The number of rotatable bonds is 4. The van der Waals surface area contributed by atoms with Crippen molar-refractivity contribution in [3.8, 4) is 0 Å². The van der Waals surface area contributed by atoms with Gasteiger partial charge in [0.25, 0.3) is 0 Å². The Morgan fingerprint density at radius 1 is 1.64 bits per heavy atom. The summed E-state index contributed by atoms with van der Waals surface area (Å²) < 4.78 is 0. The fraction of sp³-hybridized carbons (Fsp3) is 0.600. The van der Waals surface area contributed by atoms with E-state index in [1.165, 1.54) is 12.8 Å². The van der Waals surface area contributed by atoms with Gasteiger partial charge in [-0.25, -0.2) is 9.97 Å². The van der Waals surface area contributed by atoms with Crippen LogP contribution in [0.3, 0.4) is 0 Å². The Balaban J connectivity index is 2.12. The largest absolute Gasteiger partial charge is 0.329 e. The van der Waals surface area contributed by atoms with Crippen LogP contribution in [-0.4, -0.2) is 34.5 Å². The Morgan fingerprint density at radius 2 is 2.43 bits per heavy atom. The second-order valence-corrected chi connectivity index (χ2v) is 3.78. The molecule has 2 rings (SSSR count). The van der Waals surface area contributed by atoms with Gasteiger partial charge in [0, 0.05) is 18.8 Å². The van der Waals surface area contributed by atoms with Crippen LogP contribution in [0, 0.1) is 0 Å². The van der Waals surface area contributed by atoms with Gasteiger partial charge in [-0.15, -0.1) is 0 Å². The monoisotopic (exact) mass is 192 g/mol. The third-order valence-electron chi connectivity index (χ3n) is 2.78. The van der Waals surface area contributed by atoms with Gasteiger partial charge >= 0.3 is 0 Å². The molecule has 76 valence electrons. The molecule has 0 amide bonds. The van der Waals surface area contributed by atoms with Gasteiger partial charge < -0.3 is 5.73 Å². The first-order valence-corrected chi connectivity index (χ1v) is 5.01. The maximum atomic E-state index is 5.77. The van der Waals surface area contributed by atoms with Crippen molar-refractivity contribution >= 4 is 0 Å². The molecule has 1 aliphatic rings. The van der Waals surface area contributed by atoms with Crippen LogP contribution in [0.4, 0.5) is 0 Å². The van der Waals surface area contributed by atoms with Crippen molar-refractivity contribution < 1.29 is 0 Å². The van der Waals surface area contributed by atoms with Gasteiger partial charge in [0.15, 0.2) is 0 Å². The summed E-state index contributed by atoms with van der Waals surface area (Å²) in [5.74, 6) is 0. The van der Waals surface area contributed by atoms with Gasteiger partial charge in [-0.2, -0.15) is 0 Å². The molecule has 0 bridgehead atoms. The number of hydrogen-bond donors (Lipinski definition) is 1. The fourth-order valence-corrected chi connectivity index (χ4v) is 1.73. The van der Waals surface area contributed by atoms with E-state index in [-0.39, 0.29) is 6.04 Å². The Labute approximate surface area is 84.2 Å². The van der Waals surface area contributed by atoms with Crippen molar-refractivity contribution in [3.05, 3.63) is 24.3 Å². The first-order valence-electron chi connectivity index (χ1n) is 5.01. The predicted octanol–water partition coefficient (Wildman–Crippen LogP) is 0.571. The van der Waals surface area contributed by atoms with E-state index >= 15 is 0 Å². The molecule has 0 aliphatic heterocycles. The zero-order valence-electron chi connectivity index (χ0n) is 8.43. The van der Waals surface area contributed by atoms with Crippen molar-refractivity contribution in [3.63, 3.8) is 0 Å². The Kier molecular flexibility index (Phi) is 2.74. The number of hydrogen-bond acceptors (Lipinski definition) is 4. The summed E-state index contributed by atoms with van der Waals surface area (Å²) in [6.07, 6.45) is 5.93. The highest BCUT2D eigenvalue weighted by Gasteiger charge is 2.31. The maximum absolute atomic E-state index is 5.77. The highest BCUT2D eigenvalue weighted by molar-refractivity contribution is 5.07. The number of nitrogens with two attached hydrogens (primary N) is 1. The van der Waals surface area contributed by atoms with Crippen molar-refractivity contribution in [1.82, 2.24) is 14.9 Å². The lowest BCUT2D eigenvalue weighted by Crippen LogP contribution is -2.32. The molecule has 0 spiro atoms. The highest BCUT2D eigenvalue weighted by Crippen LogP contribution is 2.31. The van der Waals surface area contributed by atoms with Gasteiger partial charge in [-0.3, -0.25) is 4.90 Å². The summed E-state index contributed by atoms with van der Waals surface area (Å²) in [6.45, 7) is 0.615. The van der Waals surface area contributed by atoms with Gasteiger partial charge in [0.2, 0.25) is 0 Å². The van der Waals surface area contributed by atoms with Gasteiger partial charge in [-0.1, -0.05) is 0 Å². The lowest BCUT2D eigenvalue weighted by atomic mass is 10.2. The quantitative estimate of drug-likeness (QED) is 0.757. The molecule has 1 aromatic rings. The van der Waals surface area contributed by atoms with Crippen LogP contribution < -0.4 is 5.73 Å². The van der Waals surface area contributed by atoms with Crippen molar-refractivity contribution in [2.75, 3.05) is 13.6 Å². The van der Waals surface area contributed by atoms with E-state index in [9.17, 15) is 0 Å². The standard InChI is InChI=1S/C10H16N4/c1-14(8-2-3-8)10(6-11)9-4-5-12-7-13-9/h4-5,7-8,10H,2-3,6,11H2,1H3. The fourth-order valence-electron chi connectivity index (χ4n) is 1.73. The number of nitrogens with zero attached hydrogens (tertiary/aromatic N) is 3. The highest BCUT2D eigenvalue weighted by atomic mass is 15.2. The normalized spacial score (nSPS) is 18.5. The summed E-state index contributed by atoms with van der Waals surface area (Å²) in [4.78, 5) is 10.5. The van der Waals surface area contributed by atoms with E-state index in [2.05, 4.69) is 21.9 Å². The van der Waals surface area contributed by atoms with Crippen LogP contribution in [0.15, 0.2) is 18.6 Å². The minimum atomic E-state index is 0.241.